The lowest BCUT2D eigenvalue weighted by Gasteiger charge is -2.16. The molecule has 6 heteroatoms. The Morgan fingerprint density at radius 3 is 0.870 bits per heavy atom. The third-order valence-electron chi connectivity index (χ3n) is 9.22. The Kier molecular flexibility index (Phi) is 8.81. The molecule has 0 aliphatic carbocycles. The van der Waals surface area contributed by atoms with Crippen molar-refractivity contribution in [2.75, 3.05) is 0 Å². The van der Waals surface area contributed by atoms with Gasteiger partial charge < -0.3 is 0 Å². The fraction of sp³-hybridized carbons (Fsp3) is 0. The predicted molar refractivity (Wildman–Crippen MR) is 217 cm³/mol. The van der Waals surface area contributed by atoms with Gasteiger partial charge in [0.05, 0.1) is 0 Å². The van der Waals surface area contributed by atoms with E-state index in [-0.39, 0.29) is 0 Å². The molecule has 7 aromatic carbocycles. The highest BCUT2D eigenvalue weighted by Gasteiger charge is 2.19. The first-order valence-corrected chi connectivity index (χ1v) is 17.8. The fourth-order valence-corrected chi connectivity index (χ4v) is 6.55. The van der Waals surface area contributed by atoms with Crippen LogP contribution < -0.4 is 0 Å². The normalized spacial score (nSPS) is 11.0. The van der Waals surface area contributed by atoms with E-state index < -0.39 is 0 Å². The van der Waals surface area contributed by atoms with Crippen LogP contribution >= 0.6 is 0 Å². The van der Waals surface area contributed by atoms with Gasteiger partial charge in [-0.3, -0.25) is 0 Å². The largest absolute Gasteiger partial charge is 0.208 e. The van der Waals surface area contributed by atoms with Gasteiger partial charge in [0.15, 0.2) is 34.9 Å². The summed E-state index contributed by atoms with van der Waals surface area (Å²) in [4.78, 5) is 30.1. The van der Waals surface area contributed by atoms with E-state index >= 15 is 0 Å². The summed E-state index contributed by atoms with van der Waals surface area (Å²) in [5.74, 6) is 3.66. The molecule has 0 saturated carbocycles. The van der Waals surface area contributed by atoms with Gasteiger partial charge in [0.1, 0.15) is 0 Å². The zero-order valence-corrected chi connectivity index (χ0v) is 29.2. The summed E-state index contributed by atoms with van der Waals surface area (Å²) in [6.07, 6.45) is 0. The number of rotatable bonds is 8. The Morgan fingerprint density at radius 1 is 0.185 bits per heavy atom. The zero-order valence-electron chi connectivity index (χ0n) is 29.2. The van der Waals surface area contributed by atoms with E-state index in [2.05, 4.69) is 60.7 Å². The molecule has 2 heterocycles. The quantitative estimate of drug-likeness (QED) is 0.158. The van der Waals surface area contributed by atoms with Gasteiger partial charge in [-0.05, 0) is 34.4 Å². The predicted octanol–water partition coefficient (Wildman–Crippen LogP) is 11.4. The lowest BCUT2D eigenvalue weighted by Crippen LogP contribution is -2.02. The first-order chi connectivity index (χ1) is 26.8. The minimum Gasteiger partial charge on any atom is -0.208 e. The third-order valence-corrected chi connectivity index (χ3v) is 9.22. The third kappa shape index (κ3) is 6.67. The van der Waals surface area contributed by atoms with Crippen LogP contribution in [0.25, 0.3) is 90.6 Å². The van der Waals surface area contributed by atoms with Crippen molar-refractivity contribution >= 4 is 0 Å². The number of benzene rings is 7. The SMILES string of the molecule is c1ccc(-c2nc(-c3ccccc3)nc(-c3ccccc3-c3ccc(-c4nc(-c5ccccc5)nc(-c5ccccc5)n4)c(-c4ccccc4)c3)n2)cc1. The molecule has 0 bridgehead atoms. The summed E-state index contributed by atoms with van der Waals surface area (Å²) in [5.41, 5.74) is 9.55. The van der Waals surface area contributed by atoms with E-state index in [0.29, 0.717) is 34.9 Å². The summed E-state index contributed by atoms with van der Waals surface area (Å²) in [6, 6.07) is 65.3. The van der Waals surface area contributed by atoms with Crippen molar-refractivity contribution in [2.45, 2.75) is 0 Å². The molecule has 54 heavy (non-hydrogen) atoms. The second-order valence-electron chi connectivity index (χ2n) is 12.7. The highest BCUT2D eigenvalue weighted by Crippen LogP contribution is 2.39. The Hall–Kier alpha value is -7.44. The Morgan fingerprint density at radius 2 is 0.481 bits per heavy atom. The minimum atomic E-state index is 0.596. The number of aromatic nitrogens is 6. The Labute approximate surface area is 313 Å². The molecule has 0 spiro atoms. The van der Waals surface area contributed by atoms with Crippen molar-refractivity contribution in [3.8, 4) is 90.6 Å². The van der Waals surface area contributed by atoms with Crippen molar-refractivity contribution < 1.29 is 0 Å². The van der Waals surface area contributed by atoms with Crippen LogP contribution in [0.1, 0.15) is 0 Å². The van der Waals surface area contributed by atoms with Crippen molar-refractivity contribution in [2.24, 2.45) is 0 Å². The summed E-state index contributed by atoms with van der Waals surface area (Å²) in [7, 11) is 0. The van der Waals surface area contributed by atoms with Gasteiger partial charge in [-0.25, -0.2) is 29.9 Å². The lowest BCUT2D eigenvalue weighted by molar-refractivity contribution is 1.07. The van der Waals surface area contributed by atoms with E-state index in [1.54, 1.807) is 0 Å². The summed E-state index contributed by atoms with van der Waals surface area (Å²) >= 11 is 0. The number of hydrogen-bond donors (Lipinski definition) is 0. The molecule has 0 aliphatic heterocycles. The van der Waals surface area contributed by atoms with Gasteiger partial charge >= 0.3 is 0 Å². The molecular weight excluding hydrogens is 661 g/mol. The molecule has 6 nitrogen and oxygen atoms in total. The standard InChI is InChI=1S/C48H32N6/c1-6-18-33(19-7-1)42-32-38(30-31-41(42)48-53-45(36-24-12-4-13-25-36)50-46(54-48)37-26-14-5-15-27-37)39-28-16-17-29-40(39)47-51-43(34-20-8-2-9-21-34)49-44(52-47)35-22-10-3-11-23-35/h1-32H. The molecule has 0 aliphatic rings. The number of nitrogens with zero attached hydrogens (tertiary/aromatic N) is 6. The zero-order chi connectivity index (χ0) is 36.1. The average Bonchev–Trinajstić information content (AvgIpc) is 3.27. The van der Waals surface area contributed by atoms with Crippen LogP contribution in [0.15, 0.2) is 194 Å². The topological polar surface area (TPSA) is 77.3 Å². The molecule has 9 rings (SSSR count). The maximum Gasteiger partial charge on any atom is 0.164 e. The highest BCUT2D eigenvalue weighted by atomic mass is 15.0. The minimum absolute atomic E-state index is 0.596. The molecule has 0 atom stereocenters. The van der Waals surface area contributed by atoms with Crippen LogP contribution in [-0.2, 0) is 0 Å². The van der Waals surface area contributed by atoms with E-state index in [4.69, 9.17) is 29.9 Å². The monoisotopic (exact) mass is 692 g/mol. The first-order valence-electron chi connectivity index (χ1n) is 17.8. The smallest absolute Gasteiger partial charge is 0.164 e. The molecule has 0 fully saturated rings. The van der Waals surface area contributed by atoms with Crippen LogP contribution in [0.3, 0.4) is 0 Å². The van der Waals surface area contributed by atoms with Gasteiger partial charge in [-0.2, -0.15) is 0 Å². The van der Waals surface area contributed by atoms with Crippen LogP contribution in [-0.4, -0.2) is 29.9 Å². The summed E-state index contributed by atoms with van der Waals surface area (Å²) < 4.78 is 0. The van der Waals surface area contributed by atoms with Gasteiger partial charge in [0.25, 0.3) is 0 Å². The molecule has 0 radical (unpaired) electrons. The highest BCUT2D eigenvalue weighted by molar-refractivity contribution is 5.89. The summed E-state index contributed by atoms with van der Waals surface area (Å²) in [6.45, 7) is 0. The molecule has 254 valence electrons. The van der Waals surface area contributed by atoms with Crippen molar-refractivity contribution in [3.63, 3.8) is 0 Å². The van der Waals surface area contributed by atoms with Crippen LogP contribution in [0.2, 0.25) is 0 Å². The van der Waals surface area contributed by atoms with Crippen molar-refractivity contribution in [1.29, 1.82) is 0 Å². The van der Waals surface area contributed by atoms with Gasteiger partial charge in [0.2, 0.25) is 0 Å². The number of hydrogen-bond acceptors (Lipinski definition) is 6. The van der Waals surface area contributed by atoms with Crippen molar-refractivity contribution in [1.82, 2.24) is 29.9 Å². The van der Waals surface area contributed by atoms with E-state index in [0.717, 1.165) is 55.6 Å². The molecule has 0 N–H and O–H groups in total. The molecule has 2 aromatic heterocycles. The summed E-state index contributed by atoms with van der Waals surface area (Å²) in [5, 5.41) is 0. The second-order valence-corrected chi connectivity index (χ2v) is 12.7. The van der Waals surface area contributed by atoms with E-state index in [1.165, 1.54) is 0 Å². The molecule has 0 unspecified atom stereocenters. The van der Waals surface area contributed by atoms with Crippen LogP contribution in [0.4, 0.5) is 0 Å². The molecule has 0 amide bonds. The van der Waals surface area contributed by atoms with Gasteiger partial charge in [-0.15, -0.1) is 0 Å². The lowest BCUT2D eigenvalue weighted by atomic mass is 9.92. The molecular formula is C48H32N6. The van der Waals surface area contributed by atoms with Crippen molar-refractivity contribution in [3.05, 3.63) is 194 Å². The molecule has 0 saturated heterocycles. The second kappa shape index (κ2) is 14.7. The molecule has 9 aromatic rings. The van der Waals surface area contributed by atoms with E-state index in [9.17, 15) is 0 Å². The maximum absolute atomic E-state index is 5.08. The van der Waals surface area contributed by atoms with Crippen LogP contribution in [0.5, 0.6) is 0 Å². The van der Waals surface area contributed by atoms with E-state index in [1.807, 2.05) is 133 Å². The Balaban J connectivity index is 1.23. The van der Waals surface area contributed by atoms with Crippen LogP contribution in [0, 0.1) is 0 Å². The average molecular weight is 693 g/mol. The first kappa shape index (κ1) is 32.5. The maximum atomic E-state index is 5.08. The van der Waals surface area contributed by atoms with Gasteiger partial charge in [0, 0.05) is 33.4 Å². The fourth-order valence-electron chi connectivity index (χ4n) is 6.55. The Bertz CT molecular complexity index is 2570. The van der Waals surface area contributed by atoms with Gasteiger partial charge in [-0.1, -0.05) is 182 Å².